The Labute approximate surface area is 110 Å². The van der Waals surface area contributed by atoms with E-state index < -0.39 is 0 Å². The zero-order valence-electron chi connectivity index (χ0n) is 11.5. The molecule has 1 aliphatic carbocycles. The highest BCUT2D eigenvalue weighted by atomic mass is 15.1. The first-order chi connectivity index (χ1) is 8.78. The number of rotatable bonds is 5. The first-order valence-corrected chi connectivity index (χ1v) is 6.95. The van der Waals surface area contributed by atoms with Gasteiger partial charge in [0.1, 0.15) is 5.82 Å². The smallest absolute Gasteiger partial charge is 0.144 e. The van der Waals surface area contributed by atoms with E-state index in [1.54, 1.807) is 6.20 Å². The largest absolute Gasteiger partial charge is 0.372 e. The minimum Gasteiger partial charge on any atom is -0.372 e. The van der Waals surface area contributed by atoms with Gasteiger partial charge in [-0.1, -0.05) is 19.3 Å². The van der Waals surface area contributed by atoms with Gasteiger partial charge in [-0.2, -0.15) is 0 Å². The van der Waals surface area contributed by atoms with Crippen LogP contribution >= 0.6 is 0 Å². The molecule has 1 aliphatic rings. The van der Waals surface area contributed by atoms with Crippen molar-refractivity contribution >= 4 is 5.82 Å². The molecule has 100 valence electrons. The minimum atomic E-state index is 0.827. The van der Waals surface area contributed by atoms with Crippen LogP contribution in [0, 0.1) is 5.92 Å². The second kappa shape index (κ2) is 6.69. The van der Waals surface area contributed by atoms with Crippen molar-refractivity contribution in [3.05, 3.63) is 18.1 Å². The summed E-state index contributed by atoms with van der Waals surface area (Å²) in [5.41, 5.74) is 1.05. The number of anilines is 1. The average molecular weight is 248 g/mol. The van der Waals surface area contributed by atoms with Crippen LogP contribution in [0.5, 0.6) is 0 Å². The van der Waals surface area contributed by atoms with Crippen molar-refractivity contribution in [1.82, 2.24) is 14.9 Å². The van der Waals surface area contributed by atoms with Crippen molar-refractivity contribution in [2.24, 2.45) is 5.92 Å². The van der Waals surface area contributed by atoms with E-state index in [1.165, 1.54) is 38.6 Å². The molecule has 0 saturated heterocycles. The lowest BCUT2D eigenvalue weighted by molar-refractivity contribution is 0.226. The Morgan fingerprint density at radius 1 is 1.22 bits per heavy atom. The molecule has 1 aromatic heterocycles. The van der Waals surface area contributed by atoms with Gasteiger partial charge >= 0.3 is 0 Å². The third-order valence-electron chi connectivity index (χ3n) is 3.69. The van der Waals surface area contributed by atoms with E-state index in [9.17, 15) is 0 Å². The lowest BCUT2D eigenvalue weighted by atomic mass is 9.89. The van der Waals surface area contributed by atoms with Gasteiger partial charge in [0.15, 0.2) is 0 Å². The third kappa shape index (κ3) is 3.95. The molecule has 1 heterocycles. The Balaban J connectivity index is 1.80. The highest BCUT2D eigenvalue weighted by Crippen LogP contribution is 2.24. The molecule has 1 N–H and O–H groups in total. The normalized spacial score (nSPS) is 17.1. The molecular formula is C14H24N4. The summed E-state index contributed by atoms with van der Waals surface area (Å²) >= 11 is 0. The molecule has 1 fully saturated rings. The molecule has 18 heavy (non-hydrogen) atoms. The van der Waals surface area contributed by atoms with Crippen LogP contribution in [0.15, 0.2) is 12.4 Å². The Kier molecular flexibility index (Phi) is 4.93. The molecule has 0 radical (unpaired) electrons. The highest BCUT2D eigenvalue weighted by molar-refractivity contribution is 5.29. The first-order valence-electron chi connectivity index (χ1n) is 6.95. The van der Waals surface area contributed by atoms with Crippen LogP contribution in [-0.4, -0.2) is 35.5 Å². The molecule has 4 heteroatoms. The molecule has 2 rings (SSSR count). The van der Waals surface area contributed by atoms with E-state index in [0.717, 1.165) is 24.0 Å². The van der Waals surface area contributed by atoms with Gasteiger partial charge in [-0.25, -0.2) is 4.98 Å². The lowest BCUT2D eigenvalue weighted by Gasteiger charge is -2.26. The topological polar surface area (TPSA) is 41.1 Å². The maximum absolute atomic E-state index is 4.42. The molecule has 1 saturated carbocycles. The van der Waals surface area contributed by atoms with Gasteiger partial charge in [-0.05, 0) is 25.8 Å². The van der Waals surface area contributed by atoms with E-state index >= 15 is 0 Å². The molecule has 0 aliphatic heterocycles. The summed E-state index contributed by atoms with van der Waals surface area (Å²) in [7, 11) is 4.04. The summed E-state index contributed by atoms with van der Waals surface area (Å²) in [6, 6.07) is 0. The van der Waals surface area contributed by atoms with Gasteiger partial charge in [0, 0.05) is 20.1 Å². The van der Waals surface area contributed by atoms with E-state index in [4.69, 9.17) is 0 Å². The van der Waals surface area contributed by atoms with Crippen molar-refractivity contribution in [2.75, 3.05) is 26.0 Å². The lowest BCUT2D eigenvalue weighted by Crippen LogP contribution is -2.27. The third-order valence-corrected chi connectivity index (χ3v) is 3.69. The second-order valence-electron chi connectivity index (χ2n) is 5.34. The maximum atomic E-state index is 4.42. The van der Waals surface area contributed by atoms with Gasteiger partial charge < -0.3 is 10.2 Å². The van der Waals surface area contributed by atoms with Gasteiger partial charge in [-0.3, -0.25) is 4.98 Å². The van der Waals surface area contributed by atoms with Crippen LogP contribution in [0.3, 0.4) is 0 Å². The number of nitrogens with one attached hydrogen (secondary N) is 1. The zero-order chi connectivity index (χ0) is 12.8. The predicted molar refractivity (Wildman–Crippen MR) is 74.5 cm³/mol. The molecular weight excluding hydrogens is 224 g/mol. The van der Waals surface area contributed by atoms with E-state index in [2.05, 4.69) is 27.2 Å². The Hall–Kier alpha value is -1.16. The first kappa shape index (κ1) is 13.3. The molecule has 1 aromatic rings. The molecule has 0 bridgehead atoms. The van der Waals surface area contributed by atoms with E-state index in [0.29, 0.717) is 0 Å². The van der Waals surface area contributed by atoms with Gasteiger partial charge in [0.25, 0.3) is 0 Å². The summed E-state index contributed by atoms with van der Waals surface area (Å²) in [5.74, 6) is 1.71. The Bertz CT molecular complexity index is 343. The quantitative estimate of drug-likeness (QED) is 0.869. The minimum absolute atomic E-state index is 0.827. The van der Waals surface area contributed by atoms with Crippen molar-refractivity contribution in [3.8, 4) is 0 Å². The fourth-order valence-corrected chi connectivity index (χ4v) is 2.72. The molecule has 0 spiro atoms. The second-order valence-corrected chi connectivity index (χ2v) is 5.34. The Morgan fingerprint density at radius 2 is 2.00 bits per heavy atom. The van der Waals surface area contributed by atoms with E-state index in [-0.39, 0.29) is 0 Å². The average Bonchev–Trinajstić information content (AvgIpc) is 2.40. The number of hydrogen-bond donors (Lipinski definition) is 1. The van der Waals surface area contributed by atoms with Crippen molar-refractivity contribution in [2.45, 2.75) is 38.6 Å². The number of nitrogens with zero attached hydrogens (tertiary/aromatic N) is 3. The summed E-state index contributed by atoms with van der Waals surface area (Å²) in [6.45, 7) is 2.09. The summed E-state index contributed by atoms with van der Waals surface area (Å²) in [6.07, 6.45) is 10.7. The summed E-state index contributed by atoms with van der Waals surface area (Å²) < 4.78 is 0. The van der Waals surface area contributed by atoms with Crippen molar-refractivity contribution in [1.29, 1.82) is 0 Å². The molecule has 0 amide bonds. The predicted octanol–water partition coefficient (Wildman–Crippen LogP) is 2.53. The fourth-order valence-electron chi connectivity index (χ4n) is 2.72. The fraction of sp³-hybridized carbons (Fsp3) is 0.714. The van der Waals surface area contributed by atoms with Crippen LogP contribution in [0.25, 0.3) is 0 Å². The van der Waals surface area contributed by atoms with Crippen LogP contribution in [-0.2, 0) is 6.54 Å². The standard InChI is InChI=1S/C14H24N4/c1-15-14-9-16-13(8-17-14)11-18(2)10-12-6-4-3-5-7-12/h8-9,12H,3-7,10-11H2,1-2H3,(H,15,17). The zero-order valence-corrected chi connectivity index (χ0v) is 11.5. The maximum Gasteiger partial charge on any atom is 0.144 e. The van der Waals surface area contributed by atoms with Crippen LogP contribution in [0.2, 0.25) is 0 Å². The van der Waals surface area contributed by atoms with Crippen LogP contribution in [0.1, 0.15) is 37.8 Å². The number of hydrogen-bond acceptors (Lipinski definition) is 4. The molecule has 0 aromatic carbocycles. The Morgan fingerprint density at radius 3 is 2.61 bits per heavy atom. The van der Waals surface area contributed by atoms with Crippen LogP contribution < -0.4 is 5.32 Å². The molecule has 4 nitrogen and oxygen atoms in total. The van der Waals surface area contributed by atoms with Gasteiger partial charge in [0.2, 0.25) is 0 Å². The van der Waals surface area contributed by atoms with Crippen molar-refractivity contribution in [3.63, 3.8) is 0 Å². The monoisotopic (exact) mass is 248 g/mol. The highest BCUT2D eigenvalue weighted by Gasteiger charge is 2.15. The van der Waals surface area contributed by atoms with Gasteiger partial charge in [-0.15, -0.1) is 0 Å². The van der Waals surface area contributed by atoms with E-state index in [1.807, 2.05) is 13.2 Å². The van der Waals surface area contributed by atoms with Crippen molar-refractivity contribution < 1.29 is 0 Å². The number of aromatic nitrogens is 2. The summed E-state index contributed by atoms with van der Waals surface area (Å²) in [4.78, 5) is 11.1. The molecule has 0 unspecified atom stereocenters. The molecule has 0 atom stereocenters. The summed E-state index contributed by atoms with van der Waals surface area (Å²) in [5, 5.41) is 2.99. The SMILES string of the molecule is CNc1cnc(CN(C)CC2CCCCC2)cn1. The van der Waals surface area contributed by atoms with Gasteiger partial charge in [0.05, 0.1) is 18.1 Å². The van der Waals surface area contributed by atoms with Crippen LogP contribution in [0.4, 0.5) is 5.82 Å².